The van der Waals surface area contributed by atoms with E-state index in [4.69, 9.17) is 28.1 Å². The number of benzene rings is 4. The van der Waals surface area contributed by atoms with Crippen LogP contribution >= 0.6 is 7.60 Å². The molecule has 0 bridgehead atoms. The molecule has 0 fully saturated rings. The minimum Gasteiger partial charge on any atom is -0.369 e. The Morgan fingerprint density at radius 3 is 1.49 bits per heavy atom. The van der Waals surface area contributed by atoms with Gasteiger partial charge in [0, 0.05) is 20.0 Å². The first-order chi connectivity index (χ1) is 23.0. The molecule has 4 aromatic rings. The molecular weight excluding hydrogens is 617 g/mol. The SMILES string of the molecule is COP(=O)(/C=C/[C@@H](OCc1ccccc1)[C@H](OCc1ccccc1)[C@@H](CN(C=O)OCc1ccccc1)OCc1ccccc1)OC. The Hall–Kier alpha value is -3.92. The Bertz CT molecular complexity index is 1500. The number of nitrogens with zero attached hydrogens (tertiary/aromatic N) is 1. The molecule has 9 nitrogen and oxygen atoms in total. The molecule has 4 rings (SSSR count). The van der Waals surface area contributed by atoms with Gasteiger partial charge in [-0.25, -0.2) is 5.06 Å². The third-order valence-corrected chi connectivity index (χ3v) is 8.81. The zero-order valence-corrected chi connectivity index (χ0v) is 27.6. The lowest BCUT2D eigenvalue weighted by Gasteiger charge is -2.34. The van der Waals surface area contributed by atoms with Crippen molar-refractivity contribution < 1.29 is 37.5 Å². The molecule has 0 heterocycles. The van der Waals surface area contributed by atoms with Crippen LogP contribution in [0.25, 0.3) is 0 Å². The quantitative estimate of drug-likeness (QED) is 0.0522. The lowest BCUT2D eigenvalue weighted by atomic mass is 10.1. The highest BCUT2D eigenvalue weighted by atomic mass is 31.2. The van der Waals surface area contributed by atoms with E-state index in [1.165, 1.54) is 25.1 Å². The van der Waals surface area contributed by atoms with E-state index < -0.39 is 25.9 Å². The molecule has 1 amide bonds. The largest absolute Gasteiger partial charge is 0.369 e. The summed E-state index contributed by atoms with van der Waals surface area (Å²) < 4.78 is 43.1. The molecule has 0 saturated carbocycles. The van der Waals surface area contributed by atoms with Crippen molar-refractivity contribution in [3.05, 3.63) is 155 Å². The summed E-state index contributed by atoms with van der Waals surface area (Å²) in [5.41, 5.74) is 3.69. The van der Waals surface area contributed by atoms with Crippen LogP contribution < -0.4 is 0 Å². The highest BCUT2D eigenvalue weighted by molar-refractivity contribution is 7.57. The van der Waals surface area contributed by atoms with Gasteiger partial charge in [-0.3, -0.25) is 14.2 Å². The van der Waals surface area contributed by atoms with Crippen LogP contribution in [0.1, 0.15) is 22.3 Å². The van der Waals surface area contributed by atoms with Crippen molar-refractivity contribution >= 4 is 14.0 Å². The van der Waals surface area contributed by atoms with Crippen LogP contribution in [0.3, 0.4) is 0 Å². The topological polar surface area (TPSA) is 92.8 Å². The molecule has 0 aromatic heterocycles. The first-order valence-electron chi connectivity index (χ1n) is 15.3. The molecule has 248 valence electrons. The standard InChI is InChI=1S/C37H42NO8P/c1-41-47(40,42-2)24-23-35(43-26-31-15-7-3-8-16-31)37(45-28-33-19-11-5-12-20-33)36(44-27-32-17-9-4-10-18-32)25-38(30-39)46-29-34-21-13-6-14-22-34/h3-24,30,35-37H,25-29H2,1-2H3/b24-23+/t35-,36-,37+/m1/s1. The summed E-state index contributed by atoms with van der Waals surface area (Å²) in [6, 6.07) is 38.6. The van der Waals surface area contributed by atoms with E-state index in [1.807, 2.05) is 121 Å². The number of carbonyl (C=O) groups excluding carboxylic acids is 1. The molecule has 0 aliphatic heterocycles. The van der Waals surface area contributed by atoms with Crippen molar-refractivity contribution in [3.63, 3.8) is 0 Å². The number of hydrogen-bond donors (Lipinski definition) is 0. The van der Waals surface area contributed by atoms with E-state index in [0.717, 1.165) is 22.3 Å². The van der Waals surface area contributed by atoms with Crippen LogP contribution in [0.5, 0.6) is 0 Å². The normalized spacial score (nSPS) is 13.7. The van der Waals surface area contributed by atoms with E-state index in [1.54, 1.807) is 6.08 Å². The van der Waals surface area contributed by atoms with Gasteiger partial charge in [-0.15, -0.1) is 0 Å². The fourth-order valence-electron chi connectivity index (χ4n) is 4.66. The van der Waals surface area contributed by atoms with Crippen molar-refractivity contribution in [1.82, 2.24) is 5.06 Å². The Balaban J connectivity index is 1.69. The van der Waals surface area contributed by atoms with Crippen LogP contribution in [-0.2, 0) is 63.9 Å². The zero-order chi connectivity index (χ0) is 33.2. The zero-order valence-electron chi connectivity index (χ0n) is 26.7. The average molecular weight is 660 g/mol. The summed E-state index contributed by atoms with van der Waals surface area (Å²) >= 11 is 0. The van der Waals surface area contributed by atoms with Gasteiger partial charge >= 0.3 is 7.60 Å². The second-order valence-electron chi connectivity index (χ2n) is 10.6. The lowest BCUT2D eigenvalue weighted by Crippen LogP contribution is -2.47. The van der Waals surface area contributed by atoms with Gasteiger partial charge in [-0.1, -0.05) is 121 Å². The third-order valence-electron chi connectivity index (χ3n) is 7.25. The minimum atomic E-state index is -3.57. The summed E-state index contributed by atoms with van der Waals surface area (Å²) in [5.74, 6) is 1.36. The van der Waals surface area contributed by atoms with Gasteiger partial charge in [-0.05, 0) is 28.3 Å². The second kappa shape index (κ2) is 19.7. The van der Waals surface area contributed by atoms with Crippen LogP contribution in [0.2, 0.25) is 0 Å². The Morgan fingerprint density at radius 2 is 1.04 bits per heavy atom. The van der Waals surface area contributed by atoms with Gasteiger partial charge < -0.3 is 23.3 Å². The first-order valence-corrected chi connectivity index (χ1v) is 16.9. The molecular formula is C37H42NO8P. The Labute approximate surface area is 277 Å². The smallest absolute Gasteiger partial charge is 0.353 e. The number of carbonyl (C=O) groups is 1. The summed E-state index contributed by atoms with van der Waals surface area (Å²) in [4.78, 5) is 18.3. The maximum Gasteiger partial charge on any atom is 0.353 e. The van der Waals surface area contributed by atoms with Gasteiger partial charge in [0.2, 0.25) is 6.41 Å². The molecule has 47 heavy (non-hydrogen) atoms. The van der Waals surface area contributed by atoms with Gasteiger partial charge in [0.25, 0.3) is 0 Å². The van der Waals surface area contributed by atoms with Crippen LogP contribution in [0.15, 0.2) is 133 Å². The minimum absolute atomic E-state index is 0.00781. The van der Waals surface area contributed by atoms with Crippen LogP contribution in [-0.4, -0.2) is 50.5 Å². The molecule has 0 unspecified atom stereocenters. The number of rotatable bonds is 21. The van der Waals surface area contributed by atoms with E-state index in [0.29, 0.717) is 6.41 Å². The maximum atomic E-state index is 13.1. The molecule has 0 saturated heterocycles. The fourth-order valence-corrected chi connectivity index (χ4v) is 5.43. The van der Waals surface area contributed by atoms with Crippen LogP contribution in [0.4, 0.5) is 0 Å². The van der Waals surface area contributed by atoms with Crippen molar-refractivity contribution in [1.29, 1.82) is 0 Å². The molecule has 0 radical (unpaired) electrons. The van der Waals surface area contributed by atoms with Gasteiger partial charge in [0.1, 0.15) is 24.9 Å². The highest BCUT2D eigenvalue weighted by Gasteiger charge is 2.34. The van der Waals surface area contributed by atoms with E-state index in [-0.39, 0.29) is 33.0 Å². The molecule has 0 aliphatic rings. The number of hydrogen-bond acceptors (Lipinski definition) is 8. The van der Waals surface area contributed by atoms with Crippen molar-refractivity contribution in [2.75, 3.05) is 20.8 Å². The molecule has 0 aliphatic carbocycles. The monoisotopic (exact) mass is 659 g/mol. The summed E-state index contributed by atoms with van der Waals surface area (Å²) in [6.07, 6.45) is -0.170. The lowest BCUT2D eigenvalue weighted by molar-refractivity contribution is -0.205. The third kappa shape index (κ3) is 12.3. The van der Waals surface area contributed by atoms with E-state index in [2.05, 4.69) is 0 Å². The number of ether oxygens (including phenoxy) is 3. The van der Waals surface area contributed by atoms with Crippen LogP contribution in [0, 0.1) is 0 Å². The second-order valence-corrected chi connectivity index (χ2v) is 12.7. The molecule has 0 N–H and O–H groups in total. The number of amides is 1. The first kappa shape index (κ1) is 35.9. The number of hydroxylamine groups is 2. The average Bonchev–Trinajstić information content (AvgIpc) is 3.14. The van der Waals surface area contributed by atoms with Gasteiger partial charge in [0.05, 0.1) is 26.4 Å². The summed E-state index contributed by atoms with van der Waals surface area (Å²) in [6.45, 7) is 0.853. The Kier molecular flexibility index (Phi) is 15.0. The molecule has 0 spiro atoms. The Morgan fingerprint density at radius 1 is 0.617 bits per heavy atom. The predicted octanol–water partition coefficient (Wildman–Crippen LogP) is 7.33. The fraction of sp³-hybridized carbons (Fsp3) is 0.270. The van der Waals surface area contributed by atoms with Crippen molar-refractivity contribution in [2.45, 2.75) is 44.7 Å². The van der Waals surface area contributed by atoms with E-state index in [9.17, 15) is 9.36 Å². The summed E-state index contributed by atoms with van der Waals surface area (Å²) in [7, 11) is -0.937. The van der Waals surface area contributed by atoms with Crippen molar-refractivity contribution in [2.24, 2.45) is 0 Å². The molecule has 10 heteroatoms. The van der Waals surface area contributed by atoms with Gasteiger partial charge in [-0.2, -0.15) is 0 Å². The van der Waals surface area contributed by atoms with E-state index >= 15 is 0 Å². The molecule has 4 aromatic carbocycles. The predicted molar refractivity (Wildman–Crippen MR) is 180 cm³/mol. The maximum absolute atomic E-state index is 13.1. The van der Waals surface area contributed by atoms with Gasteiger partial charge in [0.15, 0.2) is 0 Å². The summed E-state index contributed by atoms with van der Waals surface area (Å²) in [5, 5.41) is 1.20. The highest BCUT2D eigenvalue weighted by Crippen LogP contribution is 2.48. The molecule has 3 atom stereocenters. The van der Waals surface area contributed by atoms with Crippen molar-refractivity contribution in [3.8, 4) is 0 Å².